The number of ketones is 2. The minimum atomic E-state index is -0.990. The van der Waals surface area contributed by atoms with Crippen molar-refractivity contribution in [1.82, 2.24) is 10.3 Å². The van der Waals surface area contributed by atoms with Gasteiger partial charge in [0.15, 0.2) is 17.9 Å². The molecule has 3 aromatic rings. The lowest BCUT2D eigenvalue weighted by Crippen LogP contribution is -2.29. The van der Waals surface area contributed by atoms with Crippen molar-refractivity contribution in [2.45, 2.75) is 74.3 Å². The lowest BCUT2D eigenvalue weighted by Gasteiger charge is -2.19. The molecule has 1 aromatic heterocycles. The summed E-state index contributed by atoms with van der Waals surface area (Å²) in [6.07, 6.45) is 8.81. The number of aliphatic imine (C=N–C) groups is 1. The number of aromatic nitrogens is 1. The van der Waals surface area contributed by atoms with Crippen LogP contribution in [0.3, 0.4) is 0 Å². The highest BCUT2D eigenvalue weighted by Crippen LogP contribution is 2.25. The number of aldehydes is 1. The maximum atomic E-state index is 11.5. The molecule has 1 atom stereocenters. The van der Waals surface area contributed by atoms with Crippen molar-refractivity contribution in [3.63, 3.8) is 0 Å². The third-order valence-electron chi connectivity index (χ3n) is 7.35. The fourth-order valence-corrected chi connectivity index (χ4v) is 3.78. The molecule has 2 heterocycles. The van der Waals surface area contributed by atoms with E-state index in [1.807, 2.05) is 53.7 Å². The topological polar surface area (TPSA) is 300 Å². The van der Waals surface area contributed by atoms with E-state index in [0.717, 1.165) is 31.0 Å². The van der Waals surface area contributed by atoms with Gasteiger partial charge in [-0.2, -0.15) is 0 Å². The minimum absolute atomic E-state index is 0.0347. The van der Waals surface area contributed by atoms with E-state index in [2.05, 4.69) is 24.8 Å². The first-order valence-electron chi connectivity index (χ1n) is 19.6. The van der Waals surface area contributed by atoms with Gasteiger partial charge in [0, 0.05) is 48.0 Å². The molecule has 8 N–H and O–H groups in total. The summed E-state index contributed by atoms with van der Waals surface area (Å²) >= 11 is 0. The normalized spacial score (nSPS) is 13.2. The number of ether oxygens (including phenoxy) is 2. The summed E-state index contributed by atoms with van der Waals surface area (Å²) in [5.74, 6) is -2.46. The van der Waals surface area contributed by atoms with E-state index in [4.69, 9.17) is 30.6 Å². The number of phenolic OH excluding ortho intramolecular Hbond substituents is 2. The van der Waals surface area contributed by atoms with E-state index in [-0.39, 0.29) is 51.7 Å². The molecule has 1 aliphatic heterocycles. The van der Waals surface area contributed by atoms with Crippen molar-refractivity contribution >= 4 is 42.0 Å². The number of aliphatic carboxylic acids is 1. The van der Waals surface area contributed by atoms with Crippen LogP contribution in [0.2, 0.25) is 0 Å². The fourth-order valence-electron chi connectivity index (χ4n) is 3.78. The first-order chi connectivity index (χ1) is 30.2. The third-order valence-corrected chi connectivity index (χ3v) is 7.35. The van der Waals surface area contributed by atoms with Gasteiger partial charge >= 0.3 is 17.9 Å². The molecule has 1 aliphatic rings. The second kappa shape index (κ2) is 34.2. The smallest absolute Gasteiger partial charge is 0.354 e. The van der Waals surface area contributed by atoms with Gasteiger partial charge in [0.1, 0.15) is 35.1 Å². The summed E-state index contributed by atoms with van der Waals surface area (Å²) in [5, 5.41) is 64.0. The molecular formula is C47H65N3O15. The number of aromatic carboxylic acids is 1. The fraction of sp³-hybridized carbons (Fsp3) is 0.362. The van der Waals surface area contributed by atoms with Gasteiger partial charge in [-0.25, -0.2) is 14.6 Å². The van der Waals surface area contributed by atoms with Gasteiger partial charge in [0.25, 0.3) is 5.95 Å². The number of hydrogen-bond acceptors (Lipinski definition) is 16. The molecule has 0 radical (unpaired) electrons. The molecule has 65 heavy (non-hydrogen) atoms. The predicted molar refractivity (Wildman–Crippen MR) is 246 cm³/mol. The summed E-state index contributed by atoms with van der Waals surface area (Å²) in [6, 6.07) is 18.0. The number of para-hydroxylation sites is 2. The van der Waals surface area contributed by atoms with Crippen LogP contribution in [-0.2, 0) is 28.7 Å². The Balaban J connectivity index is -0.000000695. The number of allylic oxidation sites excluding steroid dienone is 4. The number of rotatable bonds is 8. The van der Waals surface area contributed by atoms with E-state index in [1.165, 1.54) is 58.5 Å². The molecule has 0 aliphatic carbocycles. The number of phenols is 2. The Kier molecular flexibility index (Phi) is 32.6. The SMILES string of the molecule is CC(=O)C=C(C)O.CC(C)(C)C(=O)C=C(O)C(C)(C)C.CN=Cc1ccccc1O.COC(=O)C=C(O)OC.O=C(O)C1CCCN1.O=C(O)c1ccccn1.O=Cc1ccccc1O. The van der Waals surface area contributed by atoms with Gasteiger partial charge in [-0.1, -0.05) is 71.9 Å². The van der Waals surface area contributed by atoms with Crippen LogP contribution in [0.25, 0.3) is 0 Å². The maximum Gasteiger partial charge on any atom is 0.354 e. The van der Waals surface area contributed by atoms with Crippen LogP contribution in [-0.4, -0.2) is 117 Å². The average molecular weight is 912 g/mol. The number of aliphatic hydroxyl groups is 3. The third kappa shape index (κ3) is 33.9. The van der Waals surface area contributed by atoms with Gasteiger partial charge in [-0.15, -0.1) is 0 Å². The summed E-state index contributed by atoms with van der Waals surface area (Å²) in [4.78, 5) is 69.5. The van der Waals surface area contributed by atoms with Crippen LogP contribution in [0.4, 0.5) is 0 Å². The molecule has 0 bridgehead atoms. The van der Waals surface area contributed by atoms with Gasteiger partial charge in [-0.3, -0.25) is 24.2 Å². The molecule has 18 heteroatoms. The summed E-state index contributed by atoms with van der Waals surface area (Å²) < 4.78 is 8.41. The molecule has 1 saturated heterocycles. The zero-order valence-electron chi connectivity index (χ0n) is 38.8. The lowest BCUT2D eigenvalue weighted by molar-refractivity contribution is -0.139. The van der Waals surface area contributed by atoms with Crippen LogP contribution in [0.1, 0.15) is 94.6 Å². The molecular weight excluding hydrogens is 847 g/mol. The van der Waals surface area contributed by atoms with Crippen molar-refractivity contribution in [2.24, 2.45) is 15.8 Å². The van der Waals surface area contributed by atoms with Crippen LogP contribution in [0, 0.1) is 10.8 Å². The van der Waals surface area contributed by atoms with Gasteiger partial charge in [-0.05, 0) is 69.6 Å². The Morgan fingerprint density at radius 2 is 1.26 bits per heavy atom. The molecule has 1 fully saturated rings. The predicted octanol–water partition coefficient (Wildman–Crippen LogP) is 7.58. The Bertz CT molecular complexity index is 2020. The van der Waals surface area contributed by atoms with Gasteiger partial charge in [0.2, 0.25) is 0 Å². The zero-order valence-corrected chi connectivity index (χ0v) is 38.8. The number of nitrogens with zero attached hydrogens (tertiary/aromatic N) is 2. The van der Waals surface area contributed by atoms with Crippen LogP contribution in [0.5, 0.6) is 11.5 Å². The molecule has 0 amide bonds. The number of benzene rings is 2. The second-order valence-electron chi connectivity index (χ2n) is 15.1. The maximum absolute atomic E-state index is 11.5. The first-order valence-corrected chi connectivity index (χ1v) is 19.6. The number of esters is 1. The minimum Gasteiger partial charge on any atom is -0.512 e. The van der Waals surface area contributed by atoms with Crippen LogP contribution in [0.15, 0.2) is 114 Å². The molecule has 358 valence electrons. The summed E-state index contributed by atoms with van der Waals surface area (Å²) in [6.45, 7) is 14.8. The Hall–Kier alpha value is -7.34. The first kappa shape index (κ1) is 62.0. The Labute approximate surface area is 380 Å². The van der Waals surface area contributed by atoms with Crippen molar-refractivity contribution in [1.29, 1.82) is 0 Å². The molecule has 18 nitrogen and oxygen atoms in total. The second-order valence-corrected chi connectivity index (χ2v) is 15.1. The molecule has 1 unspecified atom stereocenters. The number of pyridine rings is 1. The highest BCUT2D eigenvalue weighted by Gasteiger charge is 2.23. The Morgan fingerprint density at radius 1 is 0.738 bits per heavy atom. The number of aromatic hydroxyl groups is 2. The highest BCUT2D eigenvalue weighted by molar-refractivity contribution is 5.94. The number of aliphatic hydroxyl groups excluding tert-OH is 3. The number of hydrogen-bond donors (Lipinski definition) is 8. The van der Waals surface area contributed by atoms with Crippen LogP contribution < -0.4 is 5.32 Å². The number of methoxy groups -OCH3 is 2. The Morgan fingerprint density at radius 3 is 1.54 bits per heavy atom. The van der Waals surface area contributed by atoms with Crippen molar-refractivity contribution in [3.8, 4) is 11.5 Å². The summed E-state index contributed by atoms with van der Waals surface area (Å²) in [5.41, 5.74) is 0.403. The van der Waals surface area contributed by atoms with Crippen LogP contribution >= 0.6 is 0 Å². The van der Waals surface area contributed by atoms with Crippen molar-refractivity contribution < 1.29 is 74.0 Å². The largest absolute Gasteiger partial charge is 0.512 e. The molecule has 0 saturated carbocycles. The van der Waals surface area contributed by atoms with E-state index in [0.29, 0.717) is 11.8 Å². The van der Waals surface area contributed by atoms with E-state index in [1.54, 1.807) is 55.7 Å². The average Bonchev–Trinajstić information content (AvgIpc) is 3.79. The number of carbonyl (C=O) groups is 6. The number of carboxylic acid groups (broad SMARTS) is 2. The monoisotopic (exact) mass is 911 g/mol. The highest BCUT2D eigenvalue weighted by atomic mass is 16.6. The molecule has 0 spiro atoms. The summed E-state index contributed by atoms with van der Waals surface area (Å²) in [7, 11) is 4.13. The number of carboxylic acids is 2. The standard InChI is InChI=1S/C11H20O2.C8H9NO.C7H6O2.C6H5NO2.C5H9NO2.C5H8O4.C5H8O2/c1-10(2,3)8(12)7-9(13)11(4,5)6;1-9-6-7-4-2-3-5-8(7)10;8-5-6-3-1-2-4-7(6)9;8-6(9)5-3-1-2-4-7-5;7-5(8)4-2-1-3-6-4;1-8-4(6)3-5(7)9-2;1-4(6)3-5(2)7/h7,12H,1-6H3;2-6,10H,1H3;1-5,9H;1-4H,(H,8,9);4,6H,1-3H2,(H,7,8);3,6H,1-2H3;3,6H,1-2H3. The van der Waals surface area contributed by atoms with Crippen molar-refractivity contribution in [2.75, 3.05) is 27.8 Å². The number of nitrogens with one attached hydrogen (secondary N) is 1. The molecule has 4 rings (SSSR count). The van der Waals surface area contributed by atoms with Gasteiger partial charge in [0.05, 0.1) is 25.5 Å². The lowest BCUT2D eigenvalue weighted by atomic mass is 9.87. The van der Waals surface area contributed by atoms with Crippen molar-refractivity contribution in [3.05, 3.63) is 125 Å². The molecule has 2 aromatic carbocycles. The quantitative estimate of drug-likeness (QED) is 0.0355. The van der Waals surface area contributed by atoms with E-state index < -0.39 is 29.3 Å². The van der Waals surface area contributed by atoms with E-state index >= 15 is 0 Å². The zero-order chi connectivity index (χ0) is 50.8. The van der Waals surface area contributed by atoms with E-state index in [9.17, 15) is 33.9 Å². The van der Waals surface area contributed by atoms with Gasteiger partial charge < -0.3 is 50.5 Å². The number of carbonyl (C=O) groups excluding carboxylic acids is 4.